The van der Waals surface area contributed by atoms with Crippen LogP contribution in [0.1, 0.15) is 11.1 Å². The van der Waals surface area contributed by atoms with E-state index in [9.17, 15) is 0 Å². The Morgan fingerprint density at radius 2 is 1.58 bits per heavy atom. The van der Waals surface area contributed by atoms with E-state index in [4.69, 9.17) is 19.9 Å². The molecule has 0 saturated heterocycles. The highest BCUT2D eigenvalue weighted by molar-refractivity contribution is 5.92. The van der Waals surface area contributed by atoms with Gasteiger partial charge in [0.05, 0.1) is 33.4 Å². The molecule has 0 aromatic heterocycles. The first-order valence-corrected chi connectivity index (χ1v) is 7.50. The number of nitrogens with zero attached hydrogens (tertiary/aromatic N) is 1. The molecule has 0 aliphatic rings. The summed E-state index contributed by atoms with van der Waals surface area (Å²) in [5, 5.41) is 3.06. The largest absolute Gasteiger partial charge is 0.496 e. The van der Waals surface area contributed by atoms with Gasteiger partial charge in [-0.1, -0.05) is 17.7 Å². The average molecular weight is 329 g/mol. The van der Waals surface area contributed by atoms with Gasteiger partial charge in [-0.3, -0.25) is 0 Å². The minimum absolute atomic E-state index is 0.318. The Balaban J connectivity index is 2.18. The predicted octanol–water partition coefficient (Wildman–Crippen LogP) is 2.95. The highest BCUT2D eigenvalue weighted by atomic mass is 16.5. The second-order valence-corrected chi connectivity index (χ2v) is 5.20. The molecule has 0 unspecified atom stereocenters. The van der Waals surface area contributed by atoms with Gasteiger partial charge in [0.2, 0.25) is 0 Å². The van der Waals surface area contributed by atoms with Crippen molar-refractivity contribution in [3.8, 4) is 17.2 Å². The van der Waals surface area contributed by atoms with Crippen LogP contribution in [0.4, 0.5) is 5.69 Å². The van der Waals surface area contributed by atoms with E-state index in [1.165, 1.54) is 5.56 Å². The van der Waals surface area contributed by atoms with Crippen LogP contribution in [0.2, 0.25) is 0 Å². The van der Waals surface area contributed by atoms with Gasteiger partial charge in [-0.25, -0.2) is 4.99 Å². The molecule has 24 heavy (non-hydrogen) atoms. The molecule has 6 heteroatoms. The number of guanidine groups is 1. The maximum Gasteiger partial charge on any atom is 0.193 e. The predicted molar refractivity (Wildman–Crippen MR) is 96.2 cm³/mol. The number of hydrogen-bond acceptors (Lipinski definition) is 4. The van der Waals surface area contributed by atoms with Crippen LogP contribution in [-0.2, 0) is 6.54 Å². The third kappa shape index (κ3) is 4.32. The monoisotopic (exact) mass is 329 g/mol. The van der Waals surface area contributed by atoms with Crippen molar-refractivity contribution in [3.05, 3.63) is 47.5 Å². The van der Waals surface area contributed by atoms with Gasteiger partial charge < -0.3 is 25.3 Å². The molecule has 0 aliphatic heterocycles. The van der Waals surface area contributed by atoms with E-state index in [0.29, 0.717) is 29.8 Å². The van der Waals surface area contributed by atoms with Gasteiger partial charge in [0.1, 0.15) is 17.2 Å². The zero-order valence-corrected chi connectivity index (χ0v) is 14.4. The molecule has 2 aromatic rings. The summed E-state index contributed by atoms with van der Waals surface area (Å²) in [7, 11) is 4.78. The number of anilines is 1. The van der Waals surface area contributed by atoms with Gasteiger partial charge in [-0.2, -0.15) is 0 Å². The van der Waals surface area contributed by atoms with E-state index in [-0.39, 0.29) is 0 Å². The average Bonchev–Trinajstić information content (AvgIpc) is 2.61. The van der Waals surface area contributed by atoms with E-state index in [2.05, 4.69) is 10.3 Å². The molecule has 0 heterocycles. The number of rotatable bonds is 6. The van der Waals surface area contributed by atoms with Crippen LogP contribution in [0.15, 0.2) is 41.4 Å². The molecule has 0 atom stereocenters. The van der Waals surface area contributed by atoms with Crippen molar-refractivity contribution >= 4 is 11.6 Å². The molecule has 0 fully saturated rings. The molecule has 6 nitrogen and oxygen atoms in total. The van der Waals surface area contributed by atoms with Crippen molar-refractivity contribution in [2.24, 2.45) is 10.7 Å². The quantitative estimate of drug-likeness (QED) is 0.629. The van der Waals surface area contributed by atoms with Crippen LogP contribution >= 0.6 is 0 Å². The maximum absolute atomic E-state index is 5.96. The lowest BCUT2D eigenvalue weighted by Gasteiger charge is -2.14. The van der Waals surface area contributed by atoms with E-state index < -0.39 is 0 Å². The third-order valence-corrected chi connectivity index (χ3v) is 3.55. The normalized spacial score (nSPS) is 11.1. The van der Waals surface area contributed by atoms with Crippen LogP contribution in [0.3, 0.4) is 0 Å². The summed E-state index contributed by atoms with van der Waals surface area (Å²) in [6, 6.07) is 11.5. The standard InChI is InChI=1S/C18H23N3O3/c1-12-5-7-13(8-6-12)21-18(19)20-11-15-16(23-3)9-14(22-2)10-17(15)24-4/h5-10H,11H2,1-4H3,(H3,19,20,21). The Morgan fingerprint density at radius 1 is 1.00 bits per heavy atom. The molecule has 0 saturated carbocycles. The van der Waals surface area contributed by atoms with Gasteiger partial charge in [0.15, 0.2) is 5.96 Å². The molecule has 128 valence electrons. The highest BCUT2D eigenvalue weighted by Crippen LogP contribution is 2.34. The second kappa shape index (κ2) is 8.10. The smallest absolute Gasteiger partial charge is 0.193 e. The van der Waals surface area contributed by atoms with E-state index in [1.807, 2.05) is 31.2 Å². The molecule has 3 N–H and O–H groups in total. The Morgan fingerprint density at radius 3 is 2.08 bits per heavy atom. The SMILES string of the molecule is COc1cc(OC)c(CN=C(N)Nc2ccc(C)cc2)c(OC)c1. The number of methoxy groups -OCH3 is 3. The van der Waals surface area contributed by atoms with Gasteiger partial charge in [0, 0.05) is 17.8 Å². The van der Waals surface area contributed by atoms with Crippen LogP contribution in [0.5, 0.6) is 17.2 Å². The first kappa shape index (κ1) is 17.5. The summed E-state index contributed by atoms with van der Waals surface area (Å²) in [4.78, 5) is 4.37. The van der Waals surface area contributed by atoms with Crippen LogP contribution in [0, 0.1) is 6.92 Å². The molecule has 0 bridgehead atoms. The fraction of sp³-hybridized carbons (Fsp3) is 0.278. The van der Waals surface area contributed by atoms with Crippen LogP contribution in [-0.4, -0.2) is 27.3 Å². The highest BCUT2D eigenvalue weighted by Gasteiger charge is 2.13. The van der Waals surface area contributed by atoms with Gasteiger partial charge in [0.25, 0.3) is 0 Å². The second-order valence-electron chi connectivity index (χ2n) is 5.20. The Labute approximate surface area is 142 Å². The number of nitrogens with two attached hydrogens (primary N) is 1. The lowest BCUT2D eigenvalue weighted by atomic mass is 10.1. The summed E-state index contributed by atoms with van der Waals surface area (Å²) in [5.74, 6) is 2.25. The number of ether oxygens (including phenoxy) is 3. The molecule has 0 amide bonds. The number of aryl methyl sites for hydroxylation is 1. The van der Waals surface area contributed by atoms with Crippen molar-refractivity contribution in [2.45, 2.75) is 13.5 Å². The van der Waals surface area contributed by atoms with Crippen molar-refractivity contribution in [3.63, 3.8) is 0 Å². The van der Waals surface area contributed by atoms with Gasteiger partial charge in [-0.15, -0.1) is 0 Å². The fourth-order valence-electron chi connectivity index (χ4n) is 2.22. The molecule has 0 radical (unpaired) electrons. The Hall–Kier alpha value is -2.89. The minimum Gasteiger partial charge on any atom is -0.496 e. The number of nitrogens with one attached hydrogen (secondary N) is 1. The number of aliphatic imine (C=N–C) groups is 1. The Kier molecular flexibility index (Phi) is 5.89. The summed E-state index contributed by atoms with van der Waals surface area (Å²) in [5.41, 5.74) is 8.83. The van der Waals surface area contributed by atoms with Crippen molar-refractivity contribution in [1.82, 2.24) is 0 Å². The number of hydrogen-bond donors (Lipinski definition) is 2. The lowest BCUT2D eigenvalue weighted by molar-refractivity contribution is 0.369. The zero-order chi connectivity index (χ0) is 17.5. The fourth-order valence-corrected chi connectivity index (χ4v) is 2.22. The minimum atomic E-state index is 0.318. The van der Waals surface area contributed by atoms with Crippen molar-refractivity contribution in [2.75, 3.05) is 26.6 Å². The van der Waals surface area contributed by atoms with Gasteiger partial charge >= 0.3 is 0 Å². The van der Waals surface area contributed by atoms with E-state index in [1.54, 1.807) is 33.5 Å². The lowest BCUT2D eigenvalue weighted by Crippen LogP contribution is -2.22. The van der Waals surface area contributed by atoms with E-state index in [0.717, 1.165) is 11.3 Å². The molecular weight excluding hydrogens is 306 g/mol. The summed E-state index contributed by atoms with van der Waals surface area (Å²) in [6.45, 7) is 2.35. The van der Waals surface area contributed by atoms with E-state index >= 15 is 0 Å². The van der Waals surface area contributed by atoms with Crippen molar-refractivity contribution in [1.29, 1.82) is 0 Å². The maximum atomic E-state index is 5.96. The van der Waals surface area contributed by atoms with Crippen LogP contribution in [0.25, 0.3) is 0 Å². The summed E-state index contributed by atoms with van der Waals surface area (Å²) in [6.07, 6.45) is 0. The van der Waals surface area contributed by atoms with Crippen LogP contribution < -0.4 is 25.3 Å². The van der Waals surface area contributed by atoms with Crippen molar-refractivity contribution < 1.29 is 14.2 Å². The Bertz CT molecular complexity index is 687. The topological polar surface area (TPSA) is 78.1 Å². The number of benzene rings is 2. The summed E-state index contributed by atoms with van der Waals surface area (Å²) < 4.78 is 16.0. The zero-order valence-electron chi connectivity index (χ0n) is 14.4. The molecular formula is C18H23N3O3. The third-order valence-electron chi connectivity index (χ3n) is 3.55. The summed E-state index contributed by atoms with van der Waals surface area (Å²) >= 11 is 0. The molecule has 0 spiro atoms. The molecule has 0 aliphatic carbocycles. The van der Waals surface area contributed by atoms with Gasteiger partial charge in [-0.05, 0) is 19.1 Å². The first-order valence-electron chi connectivity index (χ1n) is 7.50. The molecule has 2 rings (SSSR count). The molecule has 2 aromatic carbocycles. The first-order chi connectivity index (χ1) is 11.6.